The third-order valence-corrected chi connectivity index (χ3v) is 5.46. The van der Waals surface area contributed by atoms with Crippen LogP contribution in [-0.2, 0) is 9.63 Å². The van der Waals surface area contributed by atoms with Crippen LogP contribution in [0.5, 0.6) is 0 Å². The number of aromatic nitrogens is 1. The van der Waals surface area contributed by atoms with Gasteiger partial charge in [-0.2, -0.15) is 0 Å². The van der Waals surface area contributed by atoms with Gasteiger partial charge >= 0.3 is 0 Å². The van der Waals surface area contributed by atoms with E-state index in [4.69, 9.17) is 10.6 Å². The summed E-state index contributed by atoms with van der Waals surface area (Å²) in [7, 11) is 3.58. The number of anilines is 1. The van der Waals surface area contributed by atoms with Gasteiger partial charge in [0.25, 0.3) is 5.91 Å². The fourth-order valence-electron chi connectivity index (χ4n) is 3.45. The number of rotatable bonds is 11. The molecule has 1 saturated carbocycles. The first-order valence-corrected chi connectivity index (χ1v) is 11.1. The smallest absolute Gasteiger partial charge is 0.267 e. The number of nitrogens with two attached hydrogens (primary N) is 1. The molecule has 3 rings (SSSR count). The molecule has 2 aliphatic carbocycles. The zero-order valence-electron chi connectivity index (χ0n) is 19.4. The van der Waals surface area contributed by atoms with Crippen LogP contribution >= 0.6 is 0 Å². The Morgan fingerprint density at radius 1 is 1.21 bits per heavy atom. The number of likely N-dealkylation sites (N-methyl/N-ethyl adjacent to an activating group) is 1. The van der Waals surface area contributed by atoms with Crippen molar-refractivity contribution < 1.29 is 9.63 Å². The van der Waals surface area contributed by atoms with Crippen LogP contribution < -0.4 is 27.2 Å². The molecule has 0 bridgehead atoms. The van der Waals surface area contributed by atoms with Crippen molar-refractivity contribution in [1.82, 2.24) is 20.9 Å². The lowest BCUT2D eigenvalue weighted by molar-refractivity contribution is -0.118. The van der Waals surface area contributed by atoms with Gasteiger partial charge in [-0.05, 0) is 37.5 Å². The number of amides is 1. The van der Waals surface area contributed by atoms with E-state index in [1.54, 1.807) is 19.3 Å². The molecule has 1 radical (unpaired) electrons. The fraction of sp³-hybridized carbons (Fsp3) is 0.320. The van der Waals surface area contributed by atoms with Crippen LogP contribution in [0, 0.1) is 12.3 Å². The molecule has 2 aliphatic rings. The molecule has 1 aromatic heterocycles. The van der Waals surface area contributed by atoms with Crippen molar-refractivity contribution in [2.45, 2.75) is 25.8 Å². The average molecular weight is 450 g/mol. The van der Waals surface area contributed by atoms with E-state index in [1.165, 1.54) is 0 Å². The van der Waals surface area contributed by atoms with Gasteiger partial charge in [-0.3, -0.25) is 9.63 Å². The number of carbonyl (C=O) groups excluding carboxylic acids is 1. The second-order valence-electron chi connectivity index (χ2n) is 7.78. The molecule has 8 nitrogen and oxygen atoms in total. The summed E-state index contributed by atoms with van der Waals surface area (Å²) in [5, 5.41) is 9.10. The summed E-state index contributed by atoms with van der Waals surface area (Å²) in [5.74, 6) is 0.820. The molecule has 0 aromatic carbocycles. The highest BCUT2D eigenvalue weighted by atomic mass is 16.6. The molecule has 1 aromatic rings. The molecule has 0 aliphatic heterocycles. The lowest BCUT2D eigenvalue weighted by Gasteiger charge is -2.22. The van der Waals surface area contributed by atoms with Crippen LogP contribution in [0.1, 0.15) is 25.3 Å². The van der Waals surface area contributed by atoms with Crippen LogP contribution in [0.3, 0.4) is 0 Å². The van der Waals surface area contributed by atoms with Gasteiger partial charge in [0.2, 0.25) is 0 Å². The van der Waals surface area contributed by atoms with Gasteiger partial charge in [-0.25, -0.2) is 10.5 Å². The molecule has 33 heavy (non-hydrogen) atoms. The van der Waals surface area contributed by atoms with Gasteiger partial charge in [0.05, 0.1) is 24.0 Å². The van der Waals surface area contributed by atoms with Crippen LogP contribution in [0.15, 0.2) is 71.8 Å². The SMILES string of the molecule is C/C=C(\NC)C(=O)N[C@H](CONc1ccc(/C(NC)=C(/N)C2CC2)cn1)C1=CC=CC=C[CH]1. The first-order chi connectivity index (χ1) is 16.1. The standard InChI is InChI=1S/C25H33N6O2/c1-4-20(27-2)25(32)30-21(17-9-7-5-6-8-10-17)16-33-31-22-14-13-19(15-29-22)24(28-3)23(26)18-11-12-18/h4-10,13-15,18,21,27-28H,11-12,16,26H2,1-3H3,(H,29,31)(H,30,32)/b20-4-,24-23-/t21-/m1/s1. The highest BCUT2D eigenvalue weighted by molar-refractivity contribution is 5.93. The number of allylic oxidation sites excluding steroid dienone is 7. The van der Waals surface area contributed by atoms with E-state index in [1.807, 2.05) is 62.9 Å². The summed E-state index contributed by atoms with van der Waals surface area (Å²) >= 11 is 0. The first-order valence-electron chi connectivity index (χ1n) is 11.1. The summed E-state index contributed by atoms with van der Waals surface area (Å²) in [6, 6.07) is 3.42. The van der Waals surface area contributed by atoms with Crippen molar-refractivity contribution in [3.8, 4) is 0 Å². The summed E-state index contributed by atoms with van der Waals surface area (Å²) < 4.78 is 0. The number of nitrogens with zero attached hydrogens (tertiary/aromatic N) is 1. The topological polar surface area (TPSA) is 113 Å². The van der Waals surface area contributed by atoms with Crippen molar-refractivity contribution in [2.24, 2.45) is 11.7 Å². The highest BCUT2D eigenvalue weighted by Gasteiger charge is 2.27. The van der Waals surface area contributed by atoms with Crippen molar-refractivity contribution in [3.05, 3.63) is 83.7 Å². The lowest BCUT2D eigenvalue weighted by Crippen LogP contribution is -2.42. The van der Waals surface area contributed by atoms with Gasteiger partial charge in [0.1, 0.15) is 5.82 Å². The van der Waals surface area contributed by atoms with Crippen LogP contribution in [0.2, 0.25) is 0 Å². The fourth-order valence-corrected chi connectivity index (χ4v) is 3.45. The quantitative estimate of drug-likeness (QED) is 0.261. The van der Waals surface area contributed by atoms with E-state index < -0.39 is 0 Å². The molecule has 175 valence electrons. The maximum atomic E-state index is 12.6. The first kappa shape index (κ1) is 24.1. The van der Waals surface area contributed by atoms with Gasteiger partial charge < -0.3 is 21.7 Å². The zero-order valence-corrected chi connectivity index (χ0v) is 19.4. The normalized spacial score (nSPS) is 17.4. The number of nitrogens with one attached hydrogen (secondary N) is 4. The monoisotopic (exact) mass is 449 g/mol. The minimum Gasteiger partial charge on any atom is -0.400 e. The summed E-state index contributed by atoms with van der Waals surface area (Å²) in [6.07, 6.45) is 17.4. The van der Waals surface area contributed by atoms with E-state index in [-0.39, 0.29) is 18.6 Å². The summed E-state index contributed by atoms with van der Waals surface area (Å²) in [4.78, 5) is 22.7. The van der Waals surface area contributed by atoms with Crippen molar-refractivity contribution >= 4 is 17.4 Å². The molecule has 1 atom stereocenters. The Balaban J connectivity index is 1.63. The molecular weight excluding hydrogens is 416 g/mol. The van der Waals surface area contributed by atoms with Crippen LogP contribution in [-0.4, -0.2) is 37.6 Å². The van der Waals surface area contributed by atoms with Gasteiger partial charge in [-0.1, -0.05) is 36.5 Å². The summed E-state index contributed by atoms with van der Waals surface area (Å²) in [5.41, 5.74) is 13.3. The Kier molecular flexibility index (Phi) is 8.71. The van der Waals surface area contributed by atoms with Gasteiger partial charge in [0, 0.05) is 43.9 Å². The molecule has 0 saturated heterocycles. The van der Waals surface area contributed by atoms with Crippen LogP contribution in [0.4, 0.5) is 5.82 Å². The Morgan fingerprint density at radius 3 is 2.64 bits per heavy atom. The minimum absolute atomic E-state index is 0.205. The molecule has 1 fully saturated rings. The highest BCUT2D eigenvalue weighted by Crippen LogP contribution is 2.36. The Morgan fingerprint density at radius 2 is 2.00 bits per heavy atom. The average Bonchev–Trinajstić information content (AvgIpc) is 3.68. The van der Waals surface area contributed by atoms with Gasteiger partial charge in [0.15, 0.2) is 0 Å². The van der Waals surface area contributed by atoms with E-state index in [0.717, 1.165) is 35.4 Å². The second kappa shape index (κ2) is 11.9. The van der Waals surface area contributed by atoms with Gasteiger partial charge in [-0.15, -0.1) is 0 Å². The predicted octanol–water partition coefficient (Wildman–Crippen LogP) is 2.55. The summed E-state index contributed by atoms with van der Waals surface area (Å²) in [6.45, 7) is 2.01. The molecule has 1 amide bonds. The third kappa shape index (κ3) is 6.73. The molecular formula is C25H33N6O2. The largest absolute Gasteiger partial charge is 0.400 e. The van der Waals surface area contributed by atoms with Crippen molar-refractivity contribution in [3.63, 3.8) is 0 Å². The molecule has 8 heteroatoms. The molecule has 1 heterocycles. The van der Waals surface area contributed by atoms with E-state index in [2.05, 4.69) is 26.4 Å². The van der Waals surface area contributed by atoms with Crippen LogP contribution in [0.25, 0.3) is 5.70 Å². The van der Waals surface area contributed by atoms with E-state index >= 15 is 0 Å². The number of hydrogen-bond acceptors (Lipinski definition) is 7. The Labute approximate surface area is 195 Å². The Bertz CT molecular complexity index is 971. The number of pyridine rings is 1. The molecule has 6 N–H and O–H groups in total. The molecule has 0 unspecified atom stereocenters. The van der Waals surface area contributed by atoms with E-state index in [9.17, 15) is 4.79 Å². The number of hydrogen-bond donors (Lipinski definition) is 5. The second-order valence-corrected chi connectivity index (χ2v) is 7.78. The third-order valence-electron chi connectivity index (χ3n) is 5.46. The molecule has 0 spiro atoms. The van der Waals surface area contributed by atoms with Crippen molar-refractivity contribution in [1.29, 1.82) is 0 Å². The minimum atomic E-state index is -0.364. The lowest BCUT2D eigenvalue weighted by atomic mass is 10.0. The van der Waals surface area contributed by atoms with Crippen molar-refractivity contribution in [2.75, 3.05) is 26.2 Å². The van der Waals surface area contributed by atoms with E-state index in [0.29, 0.717) is 17.4 Å². The maximum Gasteiger partial charge on any atom is 0.267 e. The Hall–Kier alpha value is -3.52. The maximum absolute atomic E-state index is 12.6. The zero-order chi connectivity index (χ0) is 23.6. The predicted molar refractivity (Wildman–Crippen MR) is 132 cm³/mol. The number of carbonyl (C=O) groups is 1.